The molecule has 3 rings (SSSR count). The molecule has 0 fully saturated rings. The number of pyridine rings is 1. The van der Waals surface area contributed by atoms with E-state index < -0.39 is 0 Å². The third kappa shape index (κ3) is 4.57. The topological polar surface area (TPSA) is 59.8 Å². The van der Waals surface area contributed by atoms with E-state index in [1.165, 1.54) is 11.1 Å². The van der Waals surface area contributed by atoms with Crippen molar-refractivity contribution in [1.29, 1.82) is 0 Å². The molecule has 0 radical (unpaired) electrons. The van der Waals surface area contributed by atoms with Crippen LogP contribution in [0.5, 0.6) is 0 Å². The van der Waals surface area contributed by atoms with Gasteiger partial charge in [0.2, 0.25) is 5.91 Å². The first kappa shape index (κ1) is 17.9. The lowest BCUT2D eigenvalue weighted by Crippen LogP contribution is -2.29. The number of aromatic nitrogens is 3. The highest BCUT2D eigenvalue weighted by Crippen LogP contribution is 2.23. The van der Waals surface area contributed by atoms with Crippen molar-refractivity contribution < 1.29 is 4.79 Å². The standard InChI is InChI=1S/C21H24N4O/c1-16-8-9-18(14-17(16)2)21(19-6-3-10-22-15-19)24-20(26)7-4-12-25-13-5-11-23-25/h3,5-6,8-11,13-15,21H,4,7,12H2,1-2H3,(H,24,26). The van der Waals surface area contributed by atoms with Crippen molar-refractivity contribution in [1.82, 2.24) is 20.1 Å². The highest BCUT2D eigenvalue weighted by atomic mass is 16.1. The van der Waals surface area contributed by atoms with Crippen LogP contribution in [0.1, 0.15) is 41.1 Å². The van der Waals surface area contributed by atoms with E-state index in [0.29, 0.717) is 6.42 Å². The average Bonchev–Trinajstić information content (AvgIpc) is 3.16. The van der Waals surface area contributed by atoms with Crippen LogP contribution in [0.15, 0.2) is 61.2 Å². The van der Waals surface area contributed by atoms with Crippen LogP contribution >= 0.6 is 0 Å². The number of hydrogen-bond donors (Lipinski definition) is 1. The third-order valence-corrected chi connectivity index (χ3v) is 4.54. The van der Waals surface area contributed by atoms with Crippen LogP contribution in [0.25, 0.3) is 0 Å². The highest BCUT2D eigenvalue weighted by molar-refractivity contribution is 5.77. The van der Waals surface area contributed by atoms with Gasteiger partial charge in [-0.1, -0.05) is 24.3 Å². The van der Waals surface area contributed by atoms with Crippen molar-refractivity contribution in [3.8, 4) is 0 Å². The quantitative estimate of drug-likeness (QED) is 0.710. The molecule has 1 atom stereocenters. The zero-order valence-electron chi connectivity index (χ0n) is 15.2. The molecule has 0 bridgehead atoms. The Hall–Kier alpha value is -2.95. The number of amides is 1. The molecule has 2 aromatic heterocycles. The van der Waals surface area contributed by atoms with Crippen molar-refractivity contribution >= 4 is 5.91 Å². The molecule has 1 unspecified atom stereocenters. The molecular formula is C21H24N4O. The second-order valence-electron chi connectivity index (χ2n) is 6.50. The van der Waals surface area contributed by atoms with E-state index >= 15 is 0 Å². The van der Waals surface area contributed by atoms with Crippen molar-refractivity contribution in [2.45, 2.75) is 39.3 Å². The Morgan fingerprint density at radius 3 is 2.69 bits per heavy atom. The van der Waals surface area contributed by atoms with Gasteiger partial charge in [0, 0.05) is 37.8 Å². The van der Waals surface area contributed by atoms with Gasteiger partial charge >= 0.3 is 0 Å². The molecule has 0 saturated heterocycles. The number of carbonyl (C=O) groups is 1. The Balaban J connectivity index is 1.71. The van der Waals surface area contributed by atoms with E-state index in [-0.39, 0.29) is 11.9 Å². The van der Waals surface area contributed by atoms with Gasteiger partial charge in [0.05, 0.1) is 6.04 Å². The molecule has 1 N–H and O–H groups in total. The lowest BCUT2D eigenvalue weighted by molar-refractivity contribution is -0.121. The Morgan fingerprint density at radius 2 is 2.00 bits per heavy atom. The Morgan fingerprint density at radius 1 is 1.12 bits per heavy atom. The van der Waals surface area contributed by atoms with Crippen LogP contribution in [-0.4, -0.2) is 20.7 Å². The fourth-order valence-corrected chi connectivity index (χ4v) is 2.92. The molecule has 134 valence electrons. The van der Waals surface area contributed by atoms with Gasteiger partial charge in [0.1, 0.15) is 0 Å². The number of aryl methyl sites for hydroxylation is 3. The van der Waals surface area contributed by atoms with Gasteiger partial charge in [-0.2, -0.15) is 5.10 Å². The zero-order valence-corrected chi connectivity index (χ0v) is 15.2. The fourth-order valence-electron chi connectivity index (χ4n) is 2.92. The normalized spacial score (nSPS) is 11.9. The molecule has 26 heavy (non-hydrogen) atoms. The van der Waals surface area contributed by atoms with Crippen molar-refractivity contribution in [3.05, 3.63) is 83.4 Å². The number of benzene rings is 1. The third-order valence-electron chi connectivity index (χ3n) is 4.54. The summed E-state index contributed by atoms with van der Waals surface area (Å²) in [5.74, 6) is 0.0317. The molecule has 0 aliphatic carbocycles. The minimum absolute atomic E-state index is 0.0317. The van der Waals surface area contributed by atoms with Crippen LogP contribution in [0.2, 0.25) is 0 Å². The molecule has 0 aliphatic rings. The second-order valence-corrected chi connectivity index (χ2v) is 6.50. The minimum Gasteiger partial charge on any atom is -0.345 e. The van der Waals surface area contributed by atoms with Crippen molar-refractivity contribution in [2.24, 2.45) is 0 Å². The molecule has 3 aromatic rings. The van der Waals surface area contributed by atoms with E-state index in [1.54, 1.807) is 12.4 Å². The molecule has 1 aromatic carbocycles. The summed E-state index contributed by atoms with van der Waals surface area (Å²) >= 11 is 0. The smallest absolute Gasteiger partial charge is 0.220 e. The maximum absolute atomic E-state index is 12.5. The van der Waals surface area contributed by atoms with E-state index in [0.717, 1.165) is 24.1 Å². The summed E-state index contributed by atoms with van der Waals surface area (Å²) in [6.45, 7) is 4.92. The fraction of sp³-hybridized carbons (Fsp3) is 0.286. The molecule has 1 amide bonds. The summed E-state index contributed by atoms with van der Waals surface area (Å²) < 4.78 is 1.84. The van der Waals surface area contributed by atoms with Gasteiger partial charge in [-0.15, -0.1) is 0 Å². The summed E-state index contributed by atoms with van der Waals surface area (Å²) in [6, 6.07) is 11.9. The molecule has 0 aliphatic heterocycles. The van der Waals surface area contributed by atoms with Gasteiger partial charge in [-0.3, -0.25) is 14.5 Å². The van der Waals surface area contributed by atoms with Gasteiger partial charge in [0.25, 0.3) is 0 Å². The van der Waals surface area contributed by atoms with E-state index in [4.69, 9.17) is 0 Å². The number of hydrogen-bond acceptors (Lipinski definition) is 3. The van der Waals surface area contributed by atoms with Crippen LogP contribution in [0, 0.1) is 13.8 Å². The predicted octanol–water partition coefficient (Wildman–Crippen LogP) is 3.58. The molecule has 0 saturated carbocycles. The van der Waals surface area contributed by atoms with Gasteiger partial charge in [-0.25, -0.2) is 0 Å². The van der Waals surface area contributed by atoms with E-state index in [2.05, 4.69) is 47.4 Å². The van der Waals surface area contributed by atoms with Gasteiger partial charge in [-0.05, 0) is 54.7 Å². The maximum Gasteiger partial charge on any atom is 0.220 e. The molecular weight excluding hydrogens is 324 g/mol. The van der Waals surface area contributed by atoms with Crippen LogP contribution < -0.4 is 5.32 Å². The summed E-state index contributed by atoms with van der Waals surface area (Å²) in [5, 5.41) is 7.33. The summed E-state index contributed by atoms with van der Waals surface area (Å²) in [6.07, 6.45) is 8.42. The maximum atomic E-state index is 12.5. The van der Waals surface area contributed by atoms with Crippen molar-refractivity contribution in [3.63, 3.8) is 0 Å². The molecule has 5 nitrogen and oxygen atoms in total. The largest absolute Gasteiger partial charge is 0.345 e. The second kappa shape index (κ2) is 8.43. The molecule has 2 heterocycles. The Labute approximate surface area is 154 Å². The minimum atomic E-state index is -0.194. The van der Waals surface area contributed by atoms with Gasteiger partial charge < -0.3 is 5.32 Å². The monoisotopic (exact) mass is 348 g/mol. The first-order valence-electron chi connectivity index (χ1n) is 8.87. The Kier molecular flexibility index (Phi) is 5.79. The molecule has 5 heteroatoms. The van der Waals surface area contributed by atoms with E-state index in [1.807, 2.05) is 35.3 Å². The molecule has 0 spiro atoms. The zero-order chi connectivity index (χ0) is 18.4. The van der Waals surface area contributed by atoms with Crippen LogP contribution in [0.4, 0.5) is 0 Å². The number of rotatable bonds is 7. The number of nitrogens with one attached hydrogen (secondary N) is 1. The lowest BCUT2D eigenvalue weighted by Gasteiger charge is -2.20. The summed E-state index contributed by atoms with van der Waals surface area (Å²) in [7, 11) is 0. The summed E-state index contributed by atoms with van der Waals surface area (Å²) in [4.78, 5) is 16.7. The highest BCUT2D eigenvalue weighted by Gasteiger charge is 2.17. The average molecular weight is 348 g/mol. The van der Waals surface area contributed by atoms with Crippen LogP contribution in [0.3, 0.4) is 0 Å². The summed E-state index contributed by atoms with van der Waals surface area (Å²) in [5.41, 5.74) is 4.51. The SMILES string of the molecule is Cc1ccc(C(NC(=O)CCCn2cccn2)c2cccnc2)cc1C. The number of carbonyl (C=O) groups excluding carboxylic acids is 1. The lowest BCUT2D eigenvalue weighted by atomic mass is 9.96. The first-order valence-corrected chi connectivity index (χ1v) is 8.87. The number of nitrogens with zero attached hydrogens (tertiary/aromatic N) is 3. The Bertz CT molecular complexity index is 844. The van der Waals surface area contributed by atoms with Crippen LogP contribution in [-0.2, 0) is 11.3 Å². The van der Waals surface area contributed by atoms with E-state index in [9.17, 15) is 4.79 Å². The predicted molar refractivity (Wildman–Crippen MR) is 102 cm³/mol. The van der Waals surface area contributed by atoms with Gasteiger partial charge in [0.15, 0.2) is 0 Å². The first-order chi connectivity index (χ1) is 12.6. The van der Waals surface area contributed by atoms with Crippen molar-refractivity contribution in [2.75, 3.05) is 0 Å².